The first kappa shape index (κ1) is 19.4. The fourth-order valence-electron chi connectivity index (χ4n) is 3.69. The maximum absolute atomic E-state index is 3.78. The molecule has 0 aliphatic carbocycles. The zero-order valence-corrected chi connectivity index (χ0v) is 16.4. The molecule has 0 radical (unpaired) electrons. The molecule has 0 heterocycles. The highest BCUT2D eigenvalue weighted by Crippen LogP contribution is 2.22. The van der Waals surface area contributed by atoms with E-state index in [0.29, 0.717) is 12.0 Å². The Bertz CT molecular complexity index is 752. The molecule has 1 heteroatoms. The Kier molecular flexibility index (Phi) is 7.68. The number of nitrogens with one attached hydrogen (secondary N) is 1. The van der Waals surface area contributed by atoms with Crippen molar-refractivity contribution in [2.24, 2.45) is 0 Å². The third kappa shape index (κ3) is 6.69. The van der Waals surface area contributed by atoms with Crippen molar-refractivity contribution in [2.45, 2.75) is 44.6 Å². The van der Waals surface area contributed by atoms with E-state index in [1.165, 1.54) is 29.5 Å². The Labute approximate surface area is 164 Å². The summed E-state index contributed by atoms with van der Waals surface area (Å²) in [5.74, 6) is 0.563. The molecule has 1 N–H and O–H groups in total. The molecule has 0 saturated heterocycles. The number of rotatable bonds is 10. The van der Waals surface area contributed by atoms with Crippen LogP contribution < -0.4 is 5.32 Å². The zero-order valence-electron chi connectivity index (χ0n) is 16.4. The van der Waals surface area contributed by atoms with Gasteiger partial charge in [-0.05, 0) is 55.2 Å². The van der Waals surface area contributed by atoms with Gasteiger partial charge in [0.15, 0.2) is 0 Å². The molecule has 0 spiro atoms. The quantitative estimate of drug-likeness (QED) is 0.468. The standard InChI is InChI=1S/C26H31N/c1-22(20-24-14-7-3-8-15-24)27-21-26(25-17-9-4-10-18-25)19-11-16-23-12-5-2-6-13-23/h2-10,12-15,17-18,22,26-27H,11,16,19-21H2,1H3. The summed E-state index contributed by atoms with van der Waals surface area (Å²) < 4.78 is 0. The van der Waals surface area contributed by atoms with E-state index in [9.17, 15) is 0 Å². The molecule has 0 aromatic heterocycles. The van der Waals surface area contributed by atoms with Gasteiger partial charge in [0.25, 0.3) is 0 Å². The van der Waals surface area contributed by atoms with Gasteiger partial charge in [-0.2, -0.15) is 0 Å². The summed E-state index contributed by atoms with van der Waals surface area (Å²) >= 11 is 0. The number of aryl methyl sites for hydroxylation is 1. The second kappa shape index (κ2) is 10.7. The van der Waals surface area contributed by atoms with Gasteiger partial charge in [0, 0.05) is 12.6 Å². The van der Waals surface area contributed by atoms with Crippen molar-refractivity contribution in [1.29, 1.82) is 0 Å². The van der Waals surface area contributed by atoms with Gasteiger partial charge >= 0.3 is 0 Å². The van der Waals surface area contributed by atoms with Crippen molar-refractivity contribution in [3.05, 3.63) is 108 Å². The maximum Gasteiger partial charge on any atom is 0.00793 e. The lowest BCUT2D eigenvalue weighted by Gasteiger charge is -2.21. The second-order valence-electron chi connectivity index (χ2n) is 7.48. The first-order chi connectivity index (χ1) is 13.3. The fourth-order valence-corrected chi connectivity index (χ4v) is 3.69. The molecule has 0 saturated carbocycles. The van der Waals surface area contributed by atoms with Crippen LogP contribution in [0.5, 0.6) is 0 Å². The van der Waals surface area contributed by atoms with Gasteiger partial charge in [0.1, 0.15) is 0 Å². The summed E-state index contributed by atoms with van der Waals surface area (Å²) in [6, 6.07) is 33.0. The Morgan fingerprint density at radius 1 is 0.704 bits per heavy atom. The van der Waals surface area contributed by atoms with E-state index in [4.69, 9.17) is 0 Å². The third-order valence-electron chi connectivity index (χ3n) is 5.23. The summed E-state index contributed by atoms with van der Waals surface area (Å²) in [4.78, 5) is 0. The fraction of sp³-hybridized carbons (Fsp3) is 0.308. The molecular formula is C26H31N. The third-order valence-corrected chi connectivity index (χ3v) is 5.23. The highest BCUT2D eigenvalue weighted by molar-refractivity contribution is 5.21. The molecule has 0 aliphatic rings. The molecule has 3 aromatic rings. The molecule has 3 rings (SSSR count). The van der Waals surface area contributed by atoms with Gasteiger partial charge in [0.05, 0.1) is 0 Å². The van der Waals surface area contributed by atoms with Crippen molar-refractivity contribution in [3.8, 4) is 0 Å². The summed E-state index contributed by atoms with van der Waals surface area (Å²) in [6.45, 7) is 3.33. The molecule has 1 nitrogen and oxygen atoms in total. The van der Waals surface area contributed by atoms with Crippen LogP contribution in [0.4, 0.5) is 0 Å². The first-order valence-corrected chi connectivity index (χ1v) is 10.2. The minimum Gasteiger partial charge on any atom is -0.313 e. The first-order valence-electron chi connectivity index (χ1n) is 10.2. The number of hydrogen-bond acceptors (Lipinski definition) is 1. The van der Waals surface area contributed by atoms with Crippen LogP contribution in [0.1, 0.15) is 42.4 Å². The lowest BCUT2D eigenvalue weighted by Crippen LogP contribution is -2.32. The molecule has 2 unspecified atom stereocenters. The minimum absolute atomic E-state index is 0.479. The summed E-state index contributed by atoms with van der Waals surface area (Å²) in [6.07, 6.45) is 4.67. The SMILES string of the molecule is CC(Cc1ccccc1)NCC(CCCc1ccccc1)c1ccccc1. The highest BCUT2D eigenvalue weighted by Gasteiger charge is 2.13. The van der Waals surface area contributed by atoms with Crippen molar-refractivity contribution in [1.82, 2.24) is 5.32 Å². The average Bonchev–Trinajstić information content (AvgIpc) is 2.72. The van der Waals surface area contributed by atoms with E-state index < -0.39 is 0 Å². The van der Waals surface area contributed by atoms with Gasteiger partial charge in [0.2, 0.25) is 0 Å². The Morgan fingerprint density at radius 3 is 1.89 bits per heavy atom. The largest absolute Gasteiger partial charge is 0.313 e. The summed E-state index contributed by atoms with van der Waals surface area (Å²) in [5, 5.41) is 3.78. The van der Waals surface area contributed by atoms with Crippen molar-refractivity contribution < 1.29 is 0 Å². The van der Waals surface area contributed by atoms with Crippen LogP contribution in [-0.4, -0.2) is 12.6 Å². The molecule has 2 atom stereocenters. The van der Waals surface area contributed by atoms with Crippen LogP contribution in [-0.2, 0) is 12.8 Å². The van der Waals surface area contributed by atoms with E-state index in [-0.39, 0.29) is 0 Å². The predicted octanol–water partition coefficient (Wildman–Crippen LogP) is 6.01. The van der Waals surface area contributed by atoms with Gasteiger partial charge in [-0.3, -0.25) is 0 Å². The average molecular weight is 358 g/mol. The van der Waals surface area contributed by atoms with Crippen LogP contribution in [0.2, 0.25) is 0 Å². The van der Waals surface area contributed by atoms with Crippen LogP contribution in [0, 0.1) is 0 Å². The lowest BCUT2D eigenvalue weighted by molar-refractivity contribution is 0.478. The topological polar surface area (TPSA) is 12.0 Å². The Morgan fingerprint density at radius 2 is 1.26 bits per heavy atom. The van der Waals surface area contributed by atoms with E-state index in [2.05, 4.69) is 103 Å². The van der Waals surface area contributed by atoms with Crippen molar-refractivity contribution in [2.75, 3.05) is 6.54 Å². The monoisotopic (exact) mass is 357 g/mol. The molecule has 3 aromatic carbocycles. The minimum atomic E-state index is 0.479. The Balaban J connectivity index is 1.53. The van der Waals surface area contributed by atoms with E-state index in [1.807, 2.05) is 0 Å². The molecule has 0 aliphatic heterocycles. The summed E-state index contributed by atoms with van der Waals surface area (Å²) in [7, 11) is 0. The number of hydrogen-bond donors (Lipinski definition) is 1. The Hall–Kier alpha value is -2.38. The highest BCUT2D eigenvalue weighted by atomic mass is 14.9. The number of benzene rings is 3. The molecule has 140 valence electrons. The van der Waals surface area contributed by atoms with E-state index >= 15 is 0 Å². The molecular weight excluding hydrogens is 326 g/mol. The van der Waals surface area contributed by atoms with Gasteiger partial charge in [-0.1, -0.05) is 91.0 Å². The molecule has 27 heavy (non-hydrogen) atoms. The van der Waals surface area contributed by atoms with Gasteiger partial charge in [-0.25, -0.2) is 0 Å². The lowest BCUT2D eigenvalue weighted by atomic mass is 9.92. The van der Waals surface area contributed by atoms with Crippen molar-refractivity contribution >= 4 is 0 Å². The van der Waals surface area contributed by atoms with E-state index in [0.717, 1.165) is 19.4 Å². The van der Waals surface area contributed by atoms with Gasteiger partial charge < -0.3 is 5.32 Å². The molecule has 0 fully saturated rings. The van der Waals surface area contributed by atoms with Crippen LogP contribution in [0.25, 0.3) is 0 Å². The van der Waals surface area contributed by atoms with Gasteiger partial charge in [-0.15, -0.1) is 0 Å². The molecule has 0 amide bonds. The molecule has 0 bridgehead atoms. The van der Waals surface area contributed by atoms with Crippen LogP contribution in [0.3, 0.4) is 0 Å². The van der Waals surface area contributed by atoms with Crippen LogP contribution >= 0.6 is 0 Å². The summed E-state index contributed by atoms with van der Waals surface area (Å²) in [5.41, 5.74) is 4.29. The maximum atomic E-state index is 3.78. The van der Waals surface area contributed by atoms with Crippen molar-refractivity contribution in [3.63, 3.8) is 0 Å². The van der Waals surface area contributed by atoms with E-state index in [1.54, 1.807) is 0 Å². The zero-order chi connectivity index (χ0) is 18.7. The second-order valence-corrected chi connectivity index (χ2v) is 7.48. The predicted molar refractivity (Wildman–Crippen MR) is 116 cm³/mol. The normalized spacial score (nSPS) is 13.2. The smallest absolute Gasteiger partial charge is 0.00793 e. The van der Waals surface area contributed by atoms with Crippen LogP contribution in [0.15, 0.2) is 91.0 Å².